The summed E-state index contributed by atoms with van der Waals surface area (Å²) in [4.78, 5) is 40.8. The number of rotatable bonds is 4. The van der Waals surface area contributed by atoms with E-state index in [1.165, 1.54) is 11.3 Å². The summed E-state index contributed by atoms with van der Waals surface area (Å²) in [6.45, 7) is 4.06. The number of carbonyl (C=O) groups is 3. The summed E-state index contributed by atoms with van der Waals surface area (Å²) < 4.78 is 0. The highest BCUT2D eigenvalue weighted by Gasteiger charge is 2.36. The zero-order valence-corrected chi connectivity index (χ0v) is 16.3. The molecule has 0 bridgehead atoms. The molecular formula is C22H18N2O3S. The maximum Gasteiger partial charge on any atom is 0.266 e. The van der Waals surface area contributed by atoms with Crippen molar-refractivity contribution >= 4 is 40.4 Å². The van der Waals surface area contributed by atoms with Crippen LogP contribution < -0.4 is 10.2 Å². The van der Waals surface area contributed by atoms with Crippen LogP contribution in [0.15, 0.2) is 54.6 Å². The summed E-state index contributed by atoms with van der Waals surface area (Å²) in [5.41, 5.74) is 2.91. The van der Waals surface area contributed by atoms with Crippen molar-refractivity contribution in [1.82, 2.24) is 0 Å². The molecule has 1 N–H and O–H groups in total. The molecule has 0 saturated carbocycles. The maximum atomic E-state index is 12.7. The predicted molar refractivity (Wildman–Crippen MR) is 110 cm³/mol. The fourth-order valence-corrected chi connectivity index (χ4v) is 4.33. The molecule has 1 aliphatic rings. The van der Waals surface area contributed by atoms with Crippen LogP contribution in [0.3, 0.4) is 0 Å². The minimum atomic E-state index is -0.356. The van der Waals surface area contributed by atoms with Gasteiger partial charge in [-0.1, -0.05) is 25.1 Å². The van der Waals surface area contributed by atoms with Gasteiger partial charge in [0.2, 0.25) is 0 Å². The second-order valence-electron chi connectivity index (χ2n) is 6.54. The van der Waals surface area contributed by atoms with Gasteiger partial charge in [0.25, 0.3) is 17.7 Å². The SMILES string of the molecule is CCc1cc(C(=O)Nc2cccc(N3C(=O)c4ccccc4C3=O)c2)sc1C. The van der Waals surface area contributed by atoms with E-state index in [1.807, 2.05) is 13.0 Å². The summed E-state index contributed by atoms with van der Waals surface area (Å²) in [6, 6.07) is 15.4. The van der Waals surface area contributed by atoms with Crippen LogP contribution in [0.5, 0.6) is 0 Å². The molecule has 0 spiro atoms. The lowest BCUT2D eigenvalue weighted by Crippen LogP contribution is -2.29. The van der Waals surface area contributed by atoms with Crippen LogP contribution >= 0.6 is 11.3 Å². The highest BCUT2D eigenvalue weighted by atomic mass is 32.1. The van der Waals surface area contributed by atoms with E-state index in [9.17, 15) is 14.4 Å². The third-order valence-corrected chi connectivity index (χ3v) is 5.87. The summed E-state index contributed by atoms with van der Waals surface area (Å²) in [5, 5.41) is 2.86. The average molecular weight is 390 g/mol. The summed E-state index contributed by atoms with van der Waals surface area (Å²) in [6.07, 6.45) is 0.880. The molecule has 3 aromatic rings. The van der Waals surface area contributed by atoms with Gasteiger partial charge < -0.3 is 5.32 Å². The molecule has 1 aromatic heterocycles. The number of aryl methyl sites for hydroxylation is 2. The smallest absolute Gasteiger partial charge is 0.266 e. The van der Waals surface area contributed by atoms with Crippen molar-refractivity contribution in [3.05, 3.63) is 81.0 Å². The number of hydrogen-bond acceptors (Lipinski definition) is 4. The van der Waals surface area contributed by atoms with Crippen molar-refractivity contribution in [3.8, 4) is 0 Å². The van der Waals surface area contributed by atoms with Gasteiger partial charge in [0, 0.05) is 10.6 Å². The molecule has 2 aromatic carbocycles. The molecule has 0 fully saturated rings. The van der Waals surface area contributed by atoms with Crippen LogP contribution in [0.4, 0.5) is 11.4 Å². The van der Waals surface area contributed by atoms with E-state index < -0.39 is 0 Å². The molecule has 0 unspecified atom stereocenters. The molecule has 0 aliphatic carbocycles. The Morgan fingerprint density at radius 2 is 1.68 bits per heavy atom. The predicted octanol–water partition coefficient (Wildman–Crippen LogP) is 4.67. The maximum absolute atomic E-state index is 12.7. The van der Waals surface area contributed by atoms with Gasteiger partial charge in [0.05, 0.1) is 21.7 Å². The zero-order valence-electron chi connectivity index (χ0n) is 15.5. The van der Waals surface area contributed by atoms with Gasteiger partial charge in [-0.15, -0.1) is 11.3 Å². The highest BCUT2D eigenvalue weighted by molar-refractivity contribution is 7.14. The van der Waals surface area contributed by atoms with Gasteiger partial charge in [-0.05, 0) is 55.3 Å². The first-order valence-corrected chi connectivity index (χ1v) is 9.79. The van der Waals surface area contributed by atoms with Crippen molar-refractivity contribution in [2.24, 2.45) is 0 Å². The van der Waals surface area contributed by atoms with Crippen LogP contribution in [-0.4, -0.2) is 17.7 Å². The fraction of sp³-hybridized carbons (Fsp3) is 0.136. The van der Waals surface area contributed by atoms with E-state index in [-0.39, 0.29) is 17.7 Å². The minimum Gasteiger partial charge on any atom is -0.321 e. The molecular weight excluding hydrogens is 372 g/mol. The normalized spacial score (nSPS) is 13.0. The molecule has 5 nitrogen and oxygen atoms in total. The first kappa shape index (κ1) is 18.1. The van der Waals surface area contributed by atoms with Gasteiger partial charge in [-0.2, -0.15) is 0 Å². The number of thiophene rings is 1. The van der Waals surface area contributed by atoms with Crippen LogP contribution in [-0.2, 0) is 6.42 Å². The fourth-order valence-electron chi connectivity index (χ4n) is 3.32. The topological polar surface area (TPSA) is 66.5 Å². The third-order valence-electron chi connectivity index (χ3n) is 4.78. The molecule has 140 valence electrons. The van der Waals surface area contributed by atoms with Crippen LogP contribution in [0, 0.1) is 6.92 Å². The number of carbonyl (C=O) groups excluding carboxylic acids is 3. The number of amides is 3. The lowest BCUT2D eigenvalue weighted by atomic mass is 10.1. The van der Waals surface area contributed by atoms with Crippen molar-refractivity contribution in [3.63, 3.8) is 0 Å². The lowest BCUT2D eigenvalue weighted by Gasteiger charge is -2.15. The van der Waals surface area contributed by atoms with Gasteiger partial charge in [0.15, 0.2) is 0 Å². The van der Waals surface area contributed by atoms with Gasteiger partial charge in [-0.3, -0.25) is 14.4 Å². The Kier molecular flexibility index (Phi) is 4.57. The largest absolute Gasteiger partial charge is 0.321 e. The number of hydrogen-bond donors (Lipinski definition) is 1. The highest BCUT2D eigenvalue weighted by Crippen LogP contribution is 2.30. The Balaban J connectivity index is 1.59. The van der Waals surface area contributed by atoms with E-state index in [4.69, 9.17) is 0 Å². The van der Waals surface area contributed by atoms with Crippen molar-refractivity contribution in [2.75, 3.05) is 10.2 Å². The Bertz CT molecular complexity index is 1080. The molecule has 0 radical (unpaired) electrons. The van der Waals surface area contributed by atoms with E-state index in [2.05, 4.69) is 12.2 Å². The molecule has 28 heavy (non-hydrogen) atoms. The number of imide groups is 1. The average Bonchev–Trinajstić information content (AvgIpc) is 3.20. The molecule has 0 atom stereocenters. The third kappa shape index (κ3) is 3.01. The first-order valence-electron chi connectivity index (χ1n) is 8.98. The van der Waals surface area contributed by atoms with Crippen LogP contribution in [0.2, 0.25) is 0 Å². The number of nitrogens with one attached hydrogen (secondary N) is 1. The number of fused-ring (bicyclic) bond motifs is 1. The second-order valence-corrected chi connectivity index (χ2v) is 7.80. The first-order chi connectivity index (χ1) is 13.5. The lowest BCUT2D eigenvalue weighted by molar-refractivity contribution is 0.0925. The van der Waals surface area contributed by atoms with E-state index in [1.54, 1.807) is 48.5 Å². The number of nitrogens with zero attached hydrogens (tertiary/aromatic N) is 1. The van der Waals surface area contributed by atoms with E-state index in [0.717, 1.165) is 21.8 Å². The Labute approximate surface area is 166 Å². The second kappa shape index (κ2) is 7.05. The number of anilines is 2. The molecule has 3 amide bonds. The zero-order chi connectivity index (χ0) is 19.8. The van der Waals surface area contributed by atoms with Crippen molar-refractivity contribution in [1.29, 1.82) is 0 Å². The van der Waals surface area contributed by atoms with Crippen molar-refractivity contribution < 1.29 is 14.4 Å². The van der Waals surface area contributed by atoms with Gasteiger partial charge in [0.1, 0.15) is 0 Å². The van der Waals surface area contributed by atoms with Crippen LogP contribution in [0.25, 0.3) is 0 Å². The van der Waals surface area contributed by atoms with Gasteiger partial charge in [-0.25, -0.2) is 4.90 Å². The van der Waals surface area contributed by atoms with Gasteiger partial charge >= 0.3 is 0 Å². The monoisotopic (exact) mass is 390 g/mol. The molecule has 0 saturated heterocycles. The summed E-state index contributed by atoms with van der Waals surface area (Å²) in [7, 11) is 0. The summed E-state index contributed by atoms with van der Waals surface area (Å²) >= 11 is 1.46. The minimum absolute atomic E-state index is 0.202. The van der Waals surface area contributed by atoms with E-state index >= 15 is 0 Å². The summed E-state index contributed by atoms with van der Waals surface area (Å²) in [5.74, 6) is -0.914. The molecule has 4 rings (SSSR count). The Morgan fingerprint density at radius 1 is 1.00 bits per heavy atom. The Morgan fingerprint density at radius 3 is 2.29 bits per heavy atom. The van der Waals surface area contributed by atoms with Crippen molar-refractivity contribution in [2.45, 2.75) is 20.3 Å². The Hall–Kier alpha value is -3.25. The molecule has 6 heteroatoms. The van der Waals surface area contributed by atoms with Crippen LogP contribution in [0.1, 0.15) is 47.8 Å². The quantitative estimate of drug-likeness (QED) is 0.658. The molecule has 1 aliphatic heterocycles. The standard InChI is InChI=1S/C22H18N2O3S/c1-3-14-11-19(28-13(14)2)20(25)23-15-7-6-8-16(12-15)24-21(26)17-9-4-5-10-18(17)22(24)27/h4-12H,3H2,1-2H3,(H,23,25). The number of benzene rings is 2. The van der Waals surface area contributed by atoms with E-state index in [0.29, 0.717) is 27.4 Å². The molecule has 2 heterocycles.